The number of carbonyl (C=O) groups is 1. The lowest BCUT2D eigenvalue weighted by Crippen LogP contribution is -2.27. The van der Waals surface area contributed by atoms with Crippen LogP contribution in [-0.2, 0) is 11.2 Å². The Kier molecular flexibility index (Phi) is 3.47. The molecule has 1 fully saturated rings. The van der Waals surface area contributed by atoms with E-state index in [2.05, 4.69) is 17.1 Å². The van der Waals surface area contributed by atoms with Crippen LogP contribution < -0.4 is 0 Å². The first-order valence-electron chi connectivity index (χ1n) is 6.66. The lowest BCUT2D eigenvalue weighted by atomic mass is 10.1. The van der Waals surface area contributed by atoms with Gasteiger partial charge < -0.3 is 9.88 Å². The average molecular weight is 277 g/mol. The standard InChI is InChI=1S/C15H17ClN2O/c16-8-11-7-15(19)18(10-11)6-5-12-9-17-14-4-2-1-3-13(12)14/h1-4,9,11,17H,5-8,10H2. The molecule has 1 atom stereocenters. The van der Waals surface area contributed by atoms with Crippen LogP contribution in [0.25, 0.3) is 10.9 Å². The summed E-state index contributed by atoms with van der Waals surface area (Å²) in [6.07, 6.45) is 3.55. The lowest BCUT2D eigenvalue weighted by Gasteiger charge is -2.15. The summed E-state index contributed by atoms with van der Waals surface area (Å²) in [7, 11) is 0. The molecule has 1 aromatic carbocycles. The van der Waals surface area contributed by atoms with Gasteiger partial charge in [0.15, 0.2) is 0 Å². The molecule has 0 aliphatic carbocycles. The summed E-state index contributed by atoms with van der Waals surface area (Å²) < 4.78 is 0. The quantitative estimate of drug-likeness (QED) is 0.857. The van der Waals surface area contributed by atoms with Crippen molar-refractivity contribution in [2.45, 2.75) is 12.8 Å². The first kappa shape index (κ1) is 12.5. The third-order valence-corrected chi connectivity index (χ3v) is 4.28. The van der Waals surface area contributed by atoms with Gasteiger partial charge in [0.1, 0.15) is 0 Å². The molecule has 0 spiro atoms. The van der Waals surface area contributed by atoms with Gasteiger partial charge in [0.2, 0.25) is 5.91 Å². The second kappa shape index (κ2) is 5.25. The summed E-state index contributed by atoms with van der Waals surface area (Å²) in [5.41, 5.74) is 2.43. The number of nitrogens with one attached hydrogen (secondary N) is 1. The third-order valence-electron chi connectivity index (χ3n) is 3.84. The molecule has 2 aromatic rings. The summed E-state index contributed by atoms with van der Waals surface area (Å²) in [6.45, 7) is 1.60. The monoisotopic (exact) mass is 276 g/mol. The third kappa shape index (κ3) is 2.47. The minimum atomic E-state index is 0.241. The number of hydrogen-bond acceptors (Lipinski definition) is 1. The Morgan fingerprint density at radius 1 is 1.37 bits per heavy atom. The van der Waals surface area contributed by atoms with Gasteiger partial charge in [-0.25, -0.2) is 0 Å². The SMILES string of the molecule is O=C1CC(CCl)CN1CCc1c[nH]c2ccccc12. The second-order valence-electron chi connectivity index (χ2n) is 5.17. The molecule has 100 valence electrons. The molecule has 0 radical (unpaired) electrons. The predicted octanol–water partition coefficient (Wildman–Crippen LogP) is 2.80. The minimum absolute atomic E-state index is 0.241. The molecule has 1 aliphatic heterocycles. The van der Waals surface area contributed by atoms with E-state index in [4.69, 9.17) is 11.6 Å². The van der Waals surface area contributed by atoms with Crippen LogP contribution in [0.3, 0.4) is 0 Å². The molecule has 0 bridgehead atoms. The van der Waals surface area contributed by atoms with Crippen LogP contribution in [0, 0.1) is 5.92 Å². The number of fused-ring (bicyclic) bond motifs is 1. The number of benzene rings is 1. The zero-order valence-electron chi connectivity index (χ0n) is 10.7. The molecule has 1 aliphatic rings. The van der Waals surface area contributed by atoms with Crippen molar-refractivity contribution in [2.24, 2.45) is 5.92 Å². The smallest absolute Gasteiger partial charge is 0.222 e. The van der Waals surface area contributed by atoms with Gasteiger partial charge in [0, 0.05) is 42.5 Å². The maximum absolute atomic E-state index is 11.8. The fraction of sp³-hybridized carbons (Fsp3) is 0.400. The number of para-hydroxylation sites is 1. The first-order chi connectivity index (χ1) is 9.28. The van der Waals surface area contributed by atoms with Crippen molar-refractivity contribution in [3.63, 3.8) is 0 Å². The van der Waals surface area contributed by atoms with E-state index in [0.717, 1.165) is 25.0 Å². The molecule has 3 nitrogen and oxygen atoms in total. The fourth-order valence-electron chi connectivity index (χ4n) is 2.77. The summed E-state index contributed by atoms with van der Waals surface area (Å²) in [5, 5.41) is 1.25. The van der Waals surface area contributed by atoms with E-state index in [1.54, 1.807) is 0 Å². The van der Waals surface area contributed by atoms with E-state index < -0.39 is 0 Å². The van der Waals surface area contributed by atoms with E-state index in [1.165, 1.54) is 10.9 Å². The lowest BCUT2D eigenvalue weighted by molar-refractivity contribution is -0.127. The number of halogens is 1. The van der Waals surface area contributed by atoms with Crippen LogP contribution >= 0.6 is 11.6 Å². The zero-order chi connectivity index (χ0) is 13.2. The molecular weight excluding hydrogens is 260 g/mol. The Bertz CT molecular complexity index is 593. The van der Waals surface area contributed by atoms with Crippen molar-refractivity contribution < 1.29 is 4.79 Å². The molecule has 2 heterocycles. The number of nitrogens with zero attached hydrogens (tertiary/aromatic N) is 1. The maximum Gasteiger partial charge on any atom is 0.222 e. The van der Waals surface area contributed by atoms with Crippen LogP contribution in [-0.4, -0.2) is 34.8 Å². The molecule has 4 heteroatoms. The van der Waals surface area contributed by atoms with Crippen LogP contribution in [0.15, 0.2) is 30.5 Å². The van der Waals surface area contributed by atoms with Gasteiger partial charge in [-0.1, -0.05) is 18.2 Å². The highest BCUT2D eigenvalue weighted by atomic mass is 35.5. The molecule has 3 rings (SSSR count). The Balaban J connectivity index is 1.68. The van der Waals surface area contributed by atoms with Crippen molar-refractivity contribution in [3.8, 4) is 0 Å². The number of aromatic amines is 1. The normalized spacial score (nSPS) is 19.5. The van der Waals surface area contributed by atoms with E-state index in [-0.39, 0.29) is 5.91 Å². The summed E-state index contributed by atoms with van der Waals surface area (Å²) in [4.78, 5) is 17.0. The van der Waals surface area contributed by atoms with Gasteiger partial charge in [0.05, 0.1) is 0 Å². The topological polar surface area (TPSA) is 36.1 Å². The fourth-order valence-corrected chi connectivity index (χ4v) is 2.97. The van der Waals surface area contributed by atoms with Gasteiger partial charge in [0.25, 0.3) is 0 Å². The Morgan fingerprint density at radius 2 is 2.21 bits per heavy atom. The number of H-pyrrole nitrogens is 1. The van der Waals surface area contributed by atoms with Crippen molar-refractivity contribution in [2.75, 3.05) is 19.0 Å². The number of carbonyl (C=O) groups excluding carboxylic acids is 1. The highest BCUT2D eigenvalue weighted by Gasteiger charge is 2.28. The second-order valence-corrected chi connectivity index (χ2v) is 5.48. The minimum Gasteiger partial charge on any atom is -0.361 e. The Morgan fingerprint density at radius 3 is 3.00 bits per heavy atom. The molecule has 1 unspecified atom stereocenters. The molecule has 1 aromatic heterocycles. The number of rotatable bonds is 4. The molecule has 1 N–H and O–H groups in total. The molecule has 1 saturated heterocycles. The van der Waals surface area contributed by atoms with E-state index >= 15 is 0 Å². The number of likely N-dealkylation sites (tertiary alicyclic amines) is 1. The maximum atomic E-state index is 11.8. The molecular formula is C15H17ClN2O. The zero-order valence-corrected chi connectivity index (χ0v) is 11.5. The van der Waals surface area contributed by atoms with Crippen LogP contribution in [0.2, 0.25) is 0 Å². The predicted molar refractivity (Wildman–Crippen MR) is 77.4 cm³/mol. The summed E-state index contributed by atoms with van der Waals surface area (Å²) in [6, 6.07) is 8.26. The Labute approximate surface area is 117 Å². The van der Waals surface area contributed by atoms with E-state index in [1.807, 2.05) is 23.2 Å². The van der Waals surface area contributed by atoms with Gasteiger partial charge in [-0.3, -0.25) is 4.79 Å². The van der Waals surface area contributed by atoms with E-state index in [9.17, 15) is 4.79 Å². The largest absolute Gasteiger partial charge is 0.361 e. The van der Waals surface area contributed by atoms with Crippen molar-refractivity contribution in [1.29, 1.82) is 0 Å². The molecule has 19 heavy (non-hydrogen) atoms. The van der Waals surface area contributed by atoms with Crippen LogP contribution in [0.1, 0.15) is 12.0 Å². The highest BCUT2D eigenvalue weighted by molar-refractivity contribution is 6.18. The highest BCUT2D eigenvalue weighted by Crippen LogP contribution is 2.21. The van der Waals surface area contributed by atoms with Gasteiger partial charge in [-0.05, 0) is 24.0 Å². The van der Waals surface area contributed by atoms with Crippen LogP contribution in [0.4, 0.5) is 0 Å². The van der Waals surface area contributed by atoms with Crippen molar-refractivity contribution >= 4 is 28.4 Å². The average Bonchev–Trinajstić information content (AvgIpc) is 3.00. The number of amides is 1. The summed E-state index contributed by atoms with van der Waals surface area (Å²) >= 11 is 5.83. The van der Waals surface area contributed by atoms with Crippen molar-refractivity contribution in [1.82, 2.24) is 9.88 Å². The van der Waals surface area contributed by atoms with Crippen molar-refractivity contribution in [3.05, 3.63) is 36.0 Å². The van der Waals surface area contributed by atoms with Gasteiger partial charge >= 0.3 is 0 Å². The number of alkyl halides is 1. The van der Waals surface area contributed by atoms with Crippen LogP contribution in [0.5, 0.6) is 0 Å². The van der Waals surface area contributed by atoms with Gasteiger partial charge in [-0.15, -0.1) is 11.6 Å². The number of hydrogen-bond donors (Lipinski definition) is 1. The molecule has 1 amide bonds. The van der Waals surface area contributed by atoms with E-state index in [0.29, 0.717) is 18.2 Å². The summed E-state index contributed by atoms with van der Waals surface area (Å²) in [5.74, 6) is 1.15. The number of aromatic nitrogens is 1. The first-order valence-corrected chi connectivity index (χ1v) is 7.20. The molecule has 0 saturated carbocycles. The van der Waals surface area contributed by atoms with Gasteiger partial charge in [-0.2, -0.15) is 0 Å². The Hall–Kier alpha value is -1.48.